The number of hydrogen-bond donors (Lipinski definition) is 0. The van der Waals surface area contributed by atoms with Crippen LogP contribution in [0.15, 0.2) is 10.2 Å². The Labute approximate surface area is 178 Å². The Morgan fingerprint density at radius 3 is 1.38 bits per heavy atom. The minimum absolute atomic E-state index is 0.0917. The predicted octanol–water partition coefficient (Wildman–Crippen LogP) is 7.85. The first-order chi connectivity index (χ1) is 12.8. The molecule has 0 aromatic rings. The highest BCUT2D eigenvalue weighted by Crippen LogP contribution is 2.26. The van der Waals surface area contributed by atoms with Gasteiger partial charge in [-0.3, -0.25) is 0 Å². The largest absolute Gasteiger partial charge is 0.372 e. The van der Waals surface area contributed by atoms with Crippen molar-refractivity contribution < 1.29 is 9.47 Å². The minimum atomic E-state index is -0.397. The molecule has 170 valence electrons. The predicted molar refractivity (Wildman–Crippen MR) is 120 cm³/mol. The summed E-state index contributed by atoms with van der Waals surface area (Å²) < 4.78 is 11.2. The maximum Gasteiger partial charge on any atom is 0.141 e. The zero-order chi connectivity index (χ0) is 23.5. The van der Waals surface area contributed by atoms with Crippen LogP contribution in [0.3, 0.4) is 0 Å². The van der Waals surface area contributed by atoms with Gasteiger partial charge in [0.05, 0.1) is 13.2 Å². The molecule has 0 amide bonds. The van der Waals surface area contributed by atoms with Gasteiger partial charge in [0.1, 0.15) is 12.5 Å². The third-order valence-electron chi connectivity index (χ3n) is 3.25. The highest BCUT2D eigenvalue weighted by Gasteiger charge is 2.26. The van der Waals surface area contributed by atoms with Crippen molar-refractivity contribution >= 4 is 0 Å². The van der Waals surface area contributed by atoms with Gasteiger partial charge >= 0.3 is 0 Å². The Kier molecular flexibility index (Phi) is 12.6. The van der Waals surface area contributed by atoms with Gasteiger partial charge in [0.25, 0.3) is 0 Å². The molecule has 0 rings (SSSR count). The zero-order valence-electron chi connectivity index (χ0n) is 20.8. The van der Waals surface area contributed by atoms with Crippen LogP contribution in [0.25, 0.3) is 20.9 Å². The fourth-order valence-corrected chi connectivity index (χ4v) is 1.89. The van der Waals surface area contributed by atoms with E-state index in [9.17, 15) is 0 Å². The number of ether oxygens (including phenoxy) is 2. The standard InChI is InChI=1S/C11H23N3O.C10H21N3O/c1-10(2,3)7-9(13-14-12)15-8-11(4,5)6;1-9(2,3)7-14-8(12-13-11)10(4,5)6/h9H,7-8H2,1-6H3;8H,7H2,1-6H3. The van der Waals surface area contributed by atoms with Crippen molar-refractivity contribution in [2.24, 2.45) is 31.9 Å². The SMILES string of the molecule is CC(C)(C)COC(CC(C)(C)C)N=[N+]=[N-].CC(C)(C)COC(N=[N+]=[N-])C(C)(C)C. The van der Waals surface area contributed by atoms with Gasteiger partial charge in [-0.05, 0) is 39.1 Å². The summed E-state index contributed by atoms with van der Waals surface area (Å²) in [5, 5.41) is 7.33. The van der Waals surface area contributed by atoms with Crippen LogP contribution in [0.4, 0.5) is 0 Å². The second-order valence-electron chi connectivity index (χ2n) is 12.1. The first-order valence-corrected chi connectivity index (χ1v) is 10.1. The van der Waals surface area contributed by atoms with Gasteiger partial charge in [0.2, 0.25) is 0 Å². The Balaban J connectivity index is 0. The van der Waals surface area contributed by atoms with Crippen LogP contribution in [0.5, 0.6) is 0 Å². The molecule has 0 N–H and O–H groups in total. The maximum absolute atomic E-state index is 8.44. The third kappa shape index (κ3) is 21.1. The van der Waals surface area contributed by atoms with E-state index in [1.807, 2.05) is 20.8 Å². The van der Waals surface area contributed by atoms with Gasteiger partial charge in [-0.25, -0.2) is 0 Å². The van der Waals surface area contributed by atoms with Crippen LogP contribution in [0, 0.1) is 21.7 Å². The van der Waals surface area contributed by atoms with Crippen LogP contribution < -0.4 is 0 Å². The third-order valence-corrected chi connectivity index (χ3v) is 3.25. The molecule has 0 saturated heterocycles. The van der Waals surface area contributed by atoms with E-state index in [0.29, 0.717) is 13.2 Å². The summed E-state index contributed by atoms with van der Waals surface area (Å²) in [6, 6.07) is 0. The lowest BCUT2D eigenvalue weighted by molar-refractivity contribution is -0.0428. The van der Waals surface area contributed by atoms with Gasteiger partial charge in [-0.2, -0.15) is 0 Å². The van der Waals surface area contributed by atoms with Crippen molar-refractivity contribution in [3.63, 3.8) is 0 Å². The van der Waals surface area contributed by atoms with E-state index < -0.39 is 6.23 Å². The van der Waals surface area contributed by atoms with Crippen molar-refractivity contribution in [3.05, 3.63) is 20.9 Å². The van der Waals surface area contributed by atoms with E-state index in [-0.39, 0.29) is 27.9 Å². The fraction of sp³-hybridized carbons (Fsp3) is 1.00. The summed E-state index contributed by atoms with van der Waals surface area (Å²) >= 11 is 0. The molecule has 0 heterocycles. The van der Waals surface area contributed by atoms with Crippen LogP contribution >= 0.6 is 0 Å². The summed E-state index contributed by atoms with van der Waals surface area (Å²) in [4.78, 5) is 5.62. The fourth-order valence-electron chi connectivity index (χ4n) is 1.89. The molecule has 8 nitrogen and oxygen atoms in total. The van der Waals surface area contributed by atoms with E-state index in [2.05, 4.69) is 82.4 Å². The molecule has 0 aromatic heterocycles. The Bertz CT molecular complexity index is 552. The summed E-state index contributed by atoms with van der Waals surface area (Å²) in [6.45, 7) is 26.0. The van der Waals surface area contributed by atoms with Gasteiger partial charge in [-0.1, -0.05) is 93.3 Å². The van der Waals surface area contributed by atoms with Crippen LogP contribution in [-0.2, 0) is 9.47 Å². The van der Waals surface area contributed by atoms with E-state index in [1.165, 1.54) is 0 Å². The molecule has 0 saturated carbocycles. The van der Waals surface area contributed by atoms with Crippen molar-refractivity contribution in [2.75, 3.05) is 13.2 Å². The Morgan fingerprint density at radius 2 is 1.07 bits per heavy atom. The second-order valence-corrected chi connectivity index (χ2v) is 12.1. The first kappa shape index (κ1) is 29.7. The zero-order valence-corrected chi connectivity index (χ0v) is 20.8. The first-order valence-electron chi connectivity index (χ1n) is 10.1. The summed E-state index contributed by atoms with van der Waals surface area (Å²) in [7, 11) is 0. The molecule has 0 aliphatic carbocycles. The lowest BCUT2D eigenvalue weighted by Crippen LogP contribution is -2.30. The molecule has 29 heavy (non-hydrogen) atoms. The summed E-state index contributed by atoms with van der Waals surface area (Å²) in [5.74, 6) is 0. The molecule has 0 radical (unpaired) electrons. The van der Waals surface area contributed by atoms with Gasteiger partial charge in [-0.15, -0.1) is 0 Å². The van der Waals surface area contributed by atoms with Gasteiger partial charge < -0.3 is 9.47 Å². The monoisotopic (exact) mass is 412 g/mol. The molecule has 8 heteroatoms. The summed E-state index contributed by atoms with van der Waals surface area (Å²) in [6.07, 6.45) is -0.00593. The maximum atomic E-state index is 8.44. The van der Waals surface area contributed by atoms with Crippen molar-refractivity contribution in [2.45, 2.75) is 102 Å². The van der Waals surface area contributed by atoms with Crippen molar-refractivity contribution in [1.29, 1.82) is 0 Å². The second kappa shape index (κ2) is 12.3. The van der Waals surface area contributed by atoms with E-state index >= 15 is 0 Å². The van der Waals surface area contributed by atoms with Crippen molar-refractivity contribution in [1.82, 2.24) is 0 Å². The van der Waals surface area contributed by atoms with Gasteiger partial charge in [0, 0.05) is 9.82 Å². The molecule has 0 fully saturated rings. The lowest BCUT2D eigenvalue weighted by Gasteiger charge is -2.29. The molecule has 0 aliphatic rings. The Hall–Kier alpha value is -1.46. The Morgan fingerprint density at radius 1 is 0.655 bits per heavy atom. The molecule has 0 aliphatic heterocycles. The summed E-state index contributed by atoms with van der Waals surface area (Å²) in [5.41, 5.74) is 17.0. The normalized spacial score (nSPS) is 14.6. The smallest absolute Gasteiger partial charge is 0.141 e. The van der Waals surface area contributed by atoms with Crippen LogP contribution in [-0.4, -0.2) is 25.7 Å². The molecule has 0 aromatic carbocycles. The number of nitrogens with zero attached hydrogens (tertiary/aromatic N) is 6. The van der Waals surface area contributed by atoms with E-state index in [0.717, 1.165) is 6.42 Å². The highest BCUT2D eigenvalue weighted by molar-refractivity contribution is 4.74. The lowest BCUT2D eigenvalue weighted by atomic mass is 9.91. The topological polar surface area (TPSA) is 116 Å². The molecular formula is C21H44N6O2. The minimum Gasteiger partial charge on any atom is -0.372 e. The van der Waals surface area contributed by atoms with Gasteiger partial charge in [0.15, 0.2) is 0 Å². The highest BCUT2D eigenvalue weighted by atomic mass is 16.5. The van der Waals surface area contributed by atoms with Crippen LogP contribution in [0.2, 0.25) is 0 Å². The molecule has 2 unspecified atom stereocenters. The van der Waals surface area contributed by atoms with E-state index in [4.69, 9.17) is 20.5 Å². The number of azide groups is 2. The number of hydrogen-bond acceptors (Lipinski definition) is 4. The number of rotatable bonds is 7. The quantitative estimate of drug-likeness (QED) is 0.240. The van der Waals surface area contributed by atoms with Crippen molar-refractivity contribution in [3.8, 4) is 0 Å². The molecule has 0 spiro atoms. The van der Waals surface area contributed by atoms with Crippen LogP contribution in [0.1, 0.15) is 89.5 Å². The average Bonchev–Trinajstić information content (AvgIpc) is 2.45. The average molecular weight is 413 g/mol. The molecular weight excluding hydrogens is 368 g/mol. The molecule has 0 bridgehead atoms. The molecule has 2 atom stereocenters. The van der Waals surface area contributed by atoms with E-state index in [1.54, 1.807) is 0 Å².